The number of hydrogen-bond donors (Lipinski definition) is 1. The Morgan fingerprint density at radius 1 is 0.786 bits per heavy atom. The van der Waals surface area contributed by atoms with Crippen molar-refractivity contribution in [3.63, 3.8) is 0 Å². The van der Waals surface area contributed by atoms with Crippen molar-refractivity contribution in [1.82, 2.24) is 4.90 Å². The molecule has 2 bridgehead atoms. The van der Waals surface area contributed by atoms with Gasteiger partial charge in [0, 0.05) is 58.5 Å². The SMILES string of the molecule is C=CCOC(=O)CCC(=O)O[C@@H]1C(C)=C[C@@H](C)C(=O)C[C@@H]([C@H](C)C[C@@H]2CC[C@@H](OCCOC(=O)OCC=C)[C@H](OC)C2)OC(=O)[C@@H]2CCCCN2C(=O)C(=O)[C@]2(O)O[C@@H](CC[C@H]2C)C[C@H](OC)C(C)=CC=CC=C[C@@H](C)C[C@@H](C)C(=O)[C@@H]1OC. The molecule has 2 saturated heterocycles. The van der Waals surface area contributed by atoms with Gasteiger partial charge in [-0.2, -0.15) is 0 Å². The number of aliphatic hydroxyl groups is 1. The Balaban J connectivity index is 1.74. The molecule has 1 N–H and O–H groups in total. The van der Waals surface area contributed by atoms with Gasteiger partial charge < -0.3 is 57.4 Å². The lowest BCUT2D eigenvalue weighted by molar-refractivity contribution is -0.265. The van der Waals surface area contributed by atoms with E-state index in [1.54, 1.807) is 48.0 Å². The van der Waals surface area contributed by atoms with Crippen LogP contribution in [0.2, 0.25) is 0 Å². The van der Waals surface area contributed by atoms with Crippen LogP contribution in [0.15, 0.2) is 72.9 Å². The maximum Gasteiger partial charge on any atom is 0.508 e. The van der Waals surface area contributed by atoms with E-state index in [-0.39, 0.29) is 101 Å². The zero-order valence-electron chi connectivity index (χ0n) is 51.3. The summed E-state index contributed by atoms with van der Waals surface area (Å²) >= 11 is 0. The molecule has 0 spiro atoms. The van der Waals surface area contributed by atoms with Gasteiger partial charge in [-0.05, 0) is 107 Å². The van der Waals surface area contributed by atoms with E-state index in [0.717, 1.165) is 10.5 Å². The molecule has 84 heavy (non-hydrogen) atoms. The first-order chi connectivity index (χ1) is 40.0. The maximum atomic E-state index is 14.8. The average molecular weight is 1180 g/mol. The summed E-state index contributed by atoms with van der Waals surface area (Å²) in [5.41, 5.74) is 1.16. The number of allylic oxidation sites excluding steroid dienone is 6. The number of carbonyl (C=O) groups excluding carboxylic acids is 8. The number of methoxy groups -OCH3 is 3. The molecule has 20 nitrogen and oxygen atoms in total. The topological polar surface area (TPSA) is 252 Å². The minimum Gasteiger partial charge on any atom is -0.461 e. The lowest BCUT2D eigenvalue weighted by Gasteiger charge is -2.42. The number of rotatable bonds is 18. The molecule has 3 heterocycles. The molecule has 15 atom stereocenters. The summed E-state index contributed by atoms with van der Waals surface area (Å²) in [5.74, 6) is -10.5. The van der Waals surface area contributed by atoms with E-state index in [1.807, 2.05) is 51.2 Å². The summed E-state index contributed by atoms with van der Waals surface area (Å²) in [4.78, 5) is 112. The third-order valence-corrected chi connectivity index (χ3v) is 16.5. The summed E-state index contributed by atoms with van der Waals surface area (Å²) < 4.78 is 57.3. The molecule has 0 aromatic heterocycles. The van der Waals surface area contributed by atoms with E-state index >= 15 is 0 Å². The van der Waals surface area contributed by atoms with E-state index in [1.165, 1.54) is 19.3 Å². The van der Waals surface area contributed by atoms with Gasteiger partial charge in [-0.1, -0.05) is 96.4 Å². The van der Waals surface area contributed by atoms with Crippen LogP contribution in [-0.4, -0.2) is 166 Å². The van der Waals surface area contributed by atoms with Crippen LogP contribution in [0.4, 0.5) is 4.79 Å². The first-order valence-corrected chi connectivity index (χ1v) is 29.8. The van der Waals surface area contributed by atoms with Gasteiger partial charge in [0.2, 0.25) is 5.79 Å². The number of piperidine rings is 1. The Kier molecular flexibility index (Phi) is 30.1. The molecule has 20 heteroatoms. The van der Waals surface area contributed by atoms with Crippen molar-refractivity contribution >= 4 is 47.3 Å². The molecule has 4 aliphatic rings. The highest BCUT2D eigenvalue weighted by molar-refractivity contribution is 6.39. The Bertz CT molecular complexity index is 2360. The van der Waals surface area contributed by atoms with Gasteiger partial charge in [-0.15, -0.1) is 0 Å². The zero-order chi connectivity index (χ0) is 62.1. The number of ketones is 3. The molecule has 0 unspecified atom stereocenters. The number of esters is 3. The predicted molar refractivity (Wildman–Crippen MR) is 311 cm³/mol. The number of nitrogens with zero attached hydrogens (tertiary/aromatic N) is 1. The molecule has 0 aromatic carbocycles. The van der Waals surface area contributed by atoms with Gasteiger partial charge in [0.05, 0.1) is 43.9 Å². The summed E-state index contributed by atoms with van der Waals surface area (Å²) in [7, 11) is 4.48. The molecular weight excluding hydrogens is 1090 g/mol. The van der Waals surface area contributed by atoms with E-state index in [4.69, 9.17) is 47.4 Å². The van der Waals surface area contributed by atoms with Crippen LogP contribution in [-0.2, 0) is 80.9 Å². The van der Waals surface area contributed by atoms with Crippen LogP contribution in [0.1, 0.15) is 138 Å². The second-order valence-corrected chi connectivity index (χ2v) is 23.1. The Labute approximate surface area is 497 Å². The molecule has 3 fully saturated rings. The Hall–Kier alpha value is -5.64. The lowest BCUT2D eigenvalue weighted by Crippen LogP contribution is -2.61. The Morgan fingerprint density at radius 3 is 2.19 bits per heavy atom. The quantitative estimate of drug-likeness (QED) is 0.0443. The van der Waals surface area contributed by atoms with E-state index in [0.29, 0.717) is 63.4 Å². The highest BCUT2D eigenvalue weighted by Gasteiger charge is 2.53. The minimum absolute atomic E-state index is 0.0149. The fourth-order valence-electron chi connectivity index (χ4n) is 11.6. The molecule has 1 amide bonds. The molecule has 4 rings (SSSR count). The van der Waals surface area contributed by atoms with Gasteiger partial charge >= 0.3 is 24.1 Å². The van der Waals surface area contributed by atoms with Crippen molar-refractivity contribution in [1.29, 1.82) is 0 Å². The van der Waals surface area contributed by atoms with Crippen LogP contribution >= 0.6 is 0 Å². The number of Topliss-reactive ketones (excluding diaryl/α,β-unsaturated/α-hetero) is 3. The lowest BCUT2D eigenvalue weighted by atomic mass is 9.78. The number of ether oxygens (including phenoxy) is 10. The smallest absolute Gasteiger partial charge is 0.461 e. The van der Waals surface area contributed by atoms with Gasteiger partial charge in [-0.25, -0.2) is 9.59 Å². The summed E-state index contributed by atoms with van der Waals surface area (Å²) in [6, 6.07) is -1.23. The van der Waals surface area contributed by atoms with E-state index in [2.05, 4.69) is 13.2 Å². The average Bonchev–Trinajstić information content (AvgIpc) is 2.70. The van der Waals surface area contributed by atoms with Crippen LogP contribution in [0.5, 0.6) is 0 Å². The first-order valence-electron chi connectivity index (χ1n) is 29.8. The van der Waals surface area contributed by atoms with Crippen LogP contribution in [0.3, 0.4) is 0 Å². The van der Waals surface area contributed by atoms with Gasteiger partial charge in [0.25, 0.3) is 11.7 Å². The van der Waals surface area contributed by atoms with Crippen LogP contribution in [0.25, 0.3) is 0 Å². The van der Waals surface area contributed by atoms with Crippen LogP contribution in [0, 0.1) is 35.5 Å². The van der Waals surface area contributed by atoms with Crippen molar-refractivity contribution in [3.05, 3.63) is 72.9 Å². The fraction of sp³-hybridized carbons (Fsp3) is 0.688. The van der Waals surface area contributed by atoms with Crippen LogP contribution < -0.4 is 0 Å². The molecule has 470 valence electrons. The number of hydrogen-bond acceptors (Lipinski definition) is 19. The van der Waals surface area contributed by atoms with Gasteiger partial charge in [0.1, 0.15) is 37.7 Å². The zero-order valence-corrected chi connectivity index (χ0v) is 51.3. The van der Waals surface area contributed by atoms with Gasteiger partial charge in [-0.3, -0.25) is 28.8 Å². The molecule has 0 aromatic rings. The summed E-state index contributed by atoms with van der Waals surface area (Å²) in [6.45, 7) is 19.5. The van der Waals surface area contributed by atoms with E-state index in [9.17, 15) is 43.5 Å². The molecule has 1 aliphatic carbocycles. The second kappa shape index (κ2) is 35.7. The van der Waals surface area contributed by atoms with Crippen molar-refractivity contribution in [2.45, 2.75) is 193 Å². The number of fused-ring (bicyclic) bond motifs is 3. The highest BCUT2D eigenvalue weighted by Crippen LogP contribution is 2.38. The third kappa shape index (κ3) is 21.4. The minimum atomic E-state index is -2.49. The number of cyclic esters (lactones) is 1. The molecular formula is C64H95NO19. The third-order valence-electron chi connectivity index (χ3n) is 16.5. The maximum absolute atomic E-state index is 14.8. The molecule has 0 radical (unpaired) electrons. The Morgan fingerprint density at radius 2 is 1.50 bits per heavy atom. The first kappa shape index (κ1) is 70.8. The van der Waals surface area contributed by atoms with Gasteiger partial charge in [0.15, 0.2) is 18.0 Å². The second-order valence-electron chi connectivity index (χ2n) is 23.1. The normalized spacial score (nSPS) is 31.5. The fourth-order valence-corrected chi connectivity index (χ4v) is 11.6. The standard InChI is InChI=1S/C64H95NO19/c1-13-30-79-55(67)27-28-56(68)83-58-45(8)35-42(5)50(66)39-53(43(6)36-47-24-26-51(54(37-47)76-11)78-32-33-81-63(73)80-31-14-2)82-62(72)49-22-18-19-29-65(49)61(71)60(70)64(74)46(9)23-25-48(84-64)38-52(75-10)41(4)21-17-15-16-20-40(3)34-44(7)57(69)59(58)77-12/h13-17,20-21,35,40,42-44,46-49,51-54,58-59,74H,1-2,18-19,22-34,36-39H2,3-12H3/t40-,42-,43-,44-,46-,47+,48+,49+,51-,52+,53+,54-,58-,59+,64-/m1/s1. The molecule has 3 aliphatic heterocycles. The van der Waals surface area contributed by atoms with Crippen molar-refractivity contribution < 1.29 is 90.8 Å². The number of carbonyl (C=O) groups is 8. The van der Waals surface area contributed by atoms with Crippen molar-refractivity contribution in [3.8, 4) is 0 Å². The molecule has 1 saturated carbocycles. The highest BCUT2D eigenvalue weighted by atomic mass is 16.7. The van der Waals surface area contributed by atoms with Crippen molar-refractivity contribution in [2.75, 3.05) is 54.3 Å². The van der Waals surface area contributed by atoms with E-state index < -0.39 is 102 Å². The number of amides is 1. The van der Waals surface area contributed by atoms with Crippen molar-refractivity contribution in [2.24, 2.45) is 35.5 Å². The summed E-state index contributed by atoms with van der Waals surface area (Å²) in [6.07, 6.45) is 11.5. The summed E-state index contributed by atoms with van der Waals surface area (Å²) in [5, 5.41) is 12.1. The largest absolute Gasteiger partial charge is 0.508 e. The predicted octanol–water partition coefficient (Wildman–Crippen LogP) is 8.60. The monoisotopic (exact) mass is 1180 g/mol.